The number of nitrogens with one attached hydrogen (secondary N) is 1. The third-order valence-corrected chi connectivity index (χ3v) is 3.71. The number of halogens is 1. The standard InChI is InChI=1S/C17H13FN4O2/c1-9-19-13-7-6-12(16(23)15(13)20-9)17-22-21-14(24-17)8-10-2-4-11(18)5-3-10/h2-7,23H,8H2,1H3,(H,19,20). The predicted molar refractivity (Wildman–Crippen MR) is 85.0 cm³/mol. The predicted octanol–water partition coefficient (Wildman–Crippen LogP) is 3.36. The van der Waals surface area contributed by atoms with Gasteiger partial charge in [0.2, 0.25) is 5.89 Å². The van der Waals surface area contributed by atoms with Gasteiger partial charge in [-0.1, -0.05) is 12.1 Å². The molecule has 0 aliphatic rings. The van der Waals surface area contributed by atoms with Gasteiger partial charge in [0, 0.05) is 0 Å². The van der Waals surface area contributed by atoms with Gasteiger partial charge in [0.1, 0.15) is 17.2 Å². The number of benzene rings is 2. The number of rotatable bonds is 3. The number of phenolic OH excluding ortho intramolecular Hbond substituents is 1. The molecule has 0 aliphatic heterocycles. The van der Waals surface area contributed by atoms with Crippen LogP contribution in [-0.4, -0.2) is 25.3 Å². The highest BCUT2D eigenvalue weighted by Gasteiger charge is 2.17. The van der Waals surface area contributed by atoms with Crippen LogP contribution in [0.4, 0.5) is 4.39 Å². The smallest absolute Gasteiger partial charge is 0.251 e. The minimum absolute atomic E-state index is 0.00571. The number of H-pyrrole nitrogens is 1. The molecule has 0 aliphatic carbocycles. The summed E-state index contributed by atoms with van der Waals surface area (Å²) in [5, 5.41) is 18.4. The van der Waals surface area contributed by atoms with Crippen LogP contribution in [0.5, 0.6) is 5.75 Å². The van der Waals surface area contributed by atoms with Crippen LogP contribution in [0.1, 0.15) is 17.3 Å². The molecule has 120 valence electrons. The summed E-state index contributed by atoms with van der Waals surface area (Å²) >= 11 is 0. The average molecular weight is 324 g/mol. The van der Waals surface area contributed by atoms with Crippen molar-refractivity contribution in [3.8, 4) is 17.2 Å². The Morgan fingerprint density at radius 1 is 1.12 bits per heavy atom. The zero-order valence-corrected chi connectivity index (χ0v) is 12.7. The lowest BCUT2D eigenvalue weighted by molar-refractivity contribution is 0.474. The van der Waals surface area contributed by atoms with E-state index in [9.17, 15) is 9.50 Å². The van der Waals surface area contributed by atoms with E-state index < -0.39 is 0 Å². The molecule has 0 spiro atoms. The van der Waals surface area contributed by atoms with E-state index in [1.807, 2.05) is 6.92 Å². The third-order valence-electron chi connectivity index (χ3n) is 3.71. The Labute approximate surface area is 136 Å². The number of aromatic amines is 1. The number of aromatic nitrogens is 4. The summed E-state index contributed by atoms with van der Waals surface area (Å²) in [6.07, 6.45) is 0.387. The molecule has 0 amide bonds. The molecule has 4 rings (SSSR count). The van der Waals surface area contributed by atoms with Crippen molar-refractivity contribution in [3.63, 3.8) is 0 Å². The monoisotopic (exact) mass is 324 g/mol. The number of aromatic hydroxyl groups is 1. The van der Waals surface area contributed by atoms with Crippen molar-refractivity contribution >= 4 is 11.0 Å². The van der Waals surface area contributed by atoms with Crippen molar-refractivity contribution < 1.29 is 13.9 Å². The van der Waals surface area contributed by atoms with Gasteiger partial charge in [0.05, 0.1) is 17.5 Å². The summed E-state index contributed by atoms with van der Waals surface area (Å²) < 4.78 is 18.6. The van der Waals surface area contributed by atoms with Gasteiger partial charge in [-0.3, -0.25) is 0 Å². The second kappa shape index (κ2) is 5.45. The van der Waals surface area contributed by atoms with Gasteiger partial charge in [-0.2, -0.15) is 0 Å². The van der Waals surface area contributed by atoms with E-state index in [1.54, 1.807) is 24.3 Å². The highest BCUT2D eigenvalue weighted by molar-refractivity contribution is 5.88. The maximum atomic E-state index is 12.9. The molecule has 0 fully saturated rings. The molecule has 2 heterocycles. The SMILES string of the molecule is Cc1nc2c(O)c(-c3nnc(Cc4ccc(F)cc4)o3)ccc2[nH]1. The Morgan fingerprint density at radius 2 is 1.92 bits per heavy atom. The van der Waals surface area contributed by atoms with E-state index in [0.29, 0.717) is 29.2 Å². The van der Waals surface area contributed by atoms with Gasteiger partial charge < -0.3 is 14.5 Å². The lowest BCUT2D eigenvalue weighted by atomic mass is 10.1. The molecule has 0 bridgehead atoms. The van der Waals surface area contributed by atoms with Crippen molar-refractivity contribution in [2.24, 2.45) is 0 Å². The van der Waals surface area contributed by atoms with Gasteiger partial charge in [0.15, 0.2) is 5.75 Å². The normalized spacial score (nSPS) is 11.2. The summed E-state index contributed by atoms with van der Waals surface area (Å²) in [6, 6.07) is 9.59. The van der Waals surface area contributed by atoms with Crippen LogP contribution in [0.2, 0.25) is 0 Å². The highest BCUT2D eigenvalue weighted by atomic mass is 19.1. The first-order valence-corrected chi connectivity index (χ1v) is 7.35. The summed E-state index contributed by atoms with van der Waals surface area (Å²) in [4.78, 5) is 7.30. The zero-order valence-electron chi connectivity index (χ0n) is 12.7. The second-order valence-corrected chi connectivity index (χ2v) is 5.48. The van der Waals surface area contributed by atoms with Crippen molar-refractivity contribution in [2.45, 2.75) is 13.3 Å². The van der Waals surface area contributed by atoms with Crippen LogP contribution in [0.3, 0.4) is 0 Å². The minimum Gasteiger partial charge on any atom is -0.505 e. The quantitative estimate of drug-likeness (QED) is 0.603. The minimum atomic E-state index is -0.294. The Kier molecular flexibility index (Phi) is 3.26. The zero-order chi connectivity index (χ0) is 16.7. The fourth-order valence-electron chi connectivity index (χ4n) is 2.57. The van der Waals surface area contributed by atoms with E-state index in [0.717, 1.165) is 11.1 Å². The molecular weight excluding hydrogens is 311 g/mol. The van der Waals surface area contributed by atoms with Crippen molar-refractivity contribution in [1.29, 1.82) is 0 Å². The summed E-state index contributed by atoms with van der Waals surface area (Å²) in [7, 11) is 0. The summed E-state index contributed by atoms with van der Waals surface area (Å²) in [5.74, 6) is 1.01. The molecule has 6 nitrogen and oxygen atoms in total. The van der Waals surface area contributed by atoms with E-state index >= 15 is 0 Å². The van der Waals surface area contributed by atoms with Crippen LogP contribution < -0.4 is 0 Å². The molecule has 2 aromatic carbocycles. The number of hydrogen-bond donors (Lipinski definition) is 2. The van der Waals surface area contributed by atoms with E-state index in [-0.39, 0.29) is 17.5 Å². The maximum Gasteiger partial charge on any atom is 0.251 e. The average Bonchev–Trinajstić information content (AvgIpc) is 3.16. The molecule has 0 atom stereocenters. The molecule has 24 heavy (non-hydrogen) atoms. The molecule has 2 N–H and O–H groups in total. The molecule has 4 aromatic rings. The molecule has 0 saturated heterocycles. The summed E-state index contributed by atoms with van der Waals surface area (Å²) in [5.41, 5.74) is 2.48. The Balaban J connectivity index is 1.67. The van der Waals surface area contributed by atoms with Crippen molar-refractivity contribution in [3.05, 3.63) is 59.5 Å². The first-order chi connectivity index (χ1) is 11.6. The fourth-order valence-corrected chi connectivity index (χ4v) is 2.57. The molecule has 0 saturated carbocycles. The Hall–Kier alpha value is -3.22. The first-order valence-electron chi connectivity index (χ1n) is 7.35. The molecule has 7 heteroatoms. The Bertz CT molecular complexity index is 1020. The lowest BCUT2D eigenvalue weighted by Gasteiger charge is -2.00. The molecule has 0 unspecified atom stereocenters. The number of fused-ring (bicyclic) bond motifs is 1. The number of hydrogen-bond acceptors (Lipinski definition) is 5. The van der Waals surface area contributed by atoms with Crippen molar-refractivity contribution in [1.82, 2.24) is 20.2 Å². The second-order valence-electron chi connectivity index (χ2n) is 5.48. The van der Waals surface area contributed by atoms with Gasteiger partial charge in [-0.05, 0) is 36.8 Å². The van der Waals surface area contributed by atoms with Gasteiger partial charge >= 0.3 is 0 Å². The number of phenols is 1. The van der Waals surface area contributed by atoms with Crippen LogP contribution >= 0.6 is 0 Å². The van der Waals surface area contributed by atoms with Gasteiger partial charge in [-0.25, -0.2) is 9.37 Å². The van der Waals surface area contributed by atoms with Crippen LogP contribution in [-0.2, 0) is 6.42 Å². The number of imidazole rings is 1. The maximum absolute atomic E-state index is 12.9. The van der Waals surface area contributed by atoms with Crippen LogP contribution in [0.25, 0.3) is 22.5 Å². The number of aryl methyl sites for hydroxylation is 1. The van der Waals surface area contributed by atoms with Gasteiger partial charge in [-0.15, -0.1) is 10.2 Å². The summed E-state index contributed by atoms with van der Waals surface area (Å²) in [6.45, 7) is 1.81. The van der Waals surface area contributed by atoms with Crippen molar-refractivity contribution in [2.75, 3.05) is 0 Å². The van der Waals surface area contributed by atoms with Gasteiger partial charge in [0.25, 0.3) is 5.89 Å². The fraction of sp³-hybridized carbons (Fsp3) is 0.118. The van der Waals surface area contributed by atoms with E-state index in [2.05, 4.69) is 20.2 Å². The third kappa shape index (κ3) is 2.50. The largest absolute Gasteiger partial charge is 0.505 e. The molecular formula is C17H13FN4O2. The Morgan fingerprint density at radius 3 is 2.71 bits per heavy atom. The molecule has 2 aromatic heterocycles. The van der Waals surface area contributed by atoms with Crippen LogP contribution in [0.15, 0.2) is 40.8 Å². The number of nitrogens with zero attached hydrogens (tertiary/aromatic N) is 3. The van der Waals surface area contributed by atoms with E-state index in [4.69, 9.17) is 4.42 Å². The van der Waals surface area contributed by atoms with E-state index in [1.165, 1.54) is 12.1 Å². The first kappa shape index (κ1) is 14.4. The topological polar surface area (TPSA) is 87.8 Å². The highest BCUT2D eigenvalue weighted by Crippen LogP contribution is 2.34. The van der Waals surface area contributed by atoms with Crippen LogP contribution in [0, 0.1) is 12.7 Å². The lowest BCUT2D eigenvalue weighted by Crippen LogP contribution is -1.88. The molecule has 0 radical (unpaired) electrons.